The molecule has 0 saturated heterocycles. The van der Waals surface area contributed by atoms with E-state index < -0.39 is 6.04 Å². The average Bonchev–Trinajstić information content (AvgIpc) is 2.85. The summed E-state index contributed by atoms with van der Waals surface area (Å²) in [6, 6.07) is 26.4. The molecule has 0 aliphatic heterocycles. The van der Waals surface area contributed by atoms with E-state index in [9.17, 15) is 9.59 Å². The first-order chi connectivity index (χ1) is 16.1. The number of nitrogens with zero attached hydrogens (tertiary/aromatic N) is 1. The summed E-state index contributed by atoms with van der Waals surface area (Å²) in [5.41, 5.74) is 1.82. The molecular formula is C27H29ClN2O2S. The van der Waals surface area contributed by atoms with Gasteiger partial charge >= 0.3 is 0 Å². The summed E-state index contributed by atoms with van der Waals surface area (Å²) < 4.78 is 0. The first kappa shape index (κ1) is 24.9. The molecule has 3 aromatic carbocycles. The number of nitrogens with one attached hydrogen (secondary N) is 1. The second kappa shape index (κ2) is 13.1. The van der Waals surface area contributed by atoms with Crippen molar-refractivity contribution in [2.24, 2.45) is 0 Å². The highest BCUT2D eigenvalue weighted by Gasteiger charge is 2.30. The minimum absolute atomic E-state index is 0.101. The van der Waals surface area contributed by atoms with Crippen molar-refractivity contribution in [3.8, 4) is 0 Å². The van der Waals surface area contributed by atoms with Gasteiger partial charge in [-0.05, 0) is 35.7 Å². The Morgan fingerprint density at radius 3 is 2.24 bits per heavy atom. The summed E-state index contributed by atoms with van der Waals surface area (Å²) in [4.78, 5) is 29.5. The summed E-state index contributed by atoms with van der Waals surface area (Å²) in [6.07, 6.45) is 1.26. The Balaban J connectivity index is 1.89. The number of hydrogen-bond donors (Lipinski definition) is 1. The highest BCUT2D eigenvalue weighted by molar-refractivity contribution is 8.00. The van der Waals surface area contributed by atoms with Crippen LogP contribution in [-0.2, 0) is 22.6 Å². The lowest BCUT2D eigenvalue weighted by atomic mass is 10.0. The number of benzene rings is 3. The van der Waals surface area contributed by atoms with Gasteiger partial charge in [-0.25, -0.2) is 0 Å². The van der Waals surface area contributed by atoms with Crippen LogP contribution in [0.1, 0.15) is 24.5 Å². The van der Waals surface area contributed by atoms with Gasteiger partial charge in [-0.3, -0.25) is 9.59 Å². The highest BCUT2D eigenvalue weighted by Crippen LogP contribution is 2.23. The molecule has 0 heterocycles. The Hall–Kier alpha value is -2.76. The number of halogens is 1. The van der Waals surface area contributed by atoms with E-state index in [1.54, 1.807) is 4.90 Å². The third-order valence-electron chi connectivity index (χ3n) is 5.22. The summed E-state index contributed by atoms with van der Waals surface area (Å²) >= 11 is 7.90. The van der Waals surface area contributed by atoms with E-state index in [0.29, 0.717) is 18.0 Å². The van der Waals surface area contributed by atoms with E-state index >= 15 is 0 Å². The molecule has 0 unspecified atom stereocenters. The summed E-state index contributed by atoms with van der Waals surface area (Å²) in [6.45, 7) is 2.84. The van der Waals surface area contributed by atoms with Gasteiger partial charge in [0.1, 0.15) is 6.04 Å². The number of carbonyl (C=O) groups excluding carboxylic acids is 2. The predicted octanol–water partition coefficient (Wildman–Crippen LogP) is 5.60. The molecule has 6 heteroatoms. The first-order valence-electron chi connectivity index (χ1n) is 11.1. The topological polar surface area (TPSA) is 49.4 Å². The lowest BCUT2D eigenvalue weighted by molar-refractivity contribution is -0.139. The van der Waals surface area contributed by atoms with Crippen molar-refractivity contribution in [1.29, 1.82) is 0 Å². The second-order valence-electron chi connectivity index (χ2n) is 7.71. The predicted molar refractivity (Wildman–Crippen MR) is 136 cm³/mol. The fraction of sp³-hybridized carbons (Fsp3) is 0.259. The van der Waals surface area contributed by atoms with Crippen LogP contribution >= 0.6 is 23.4 Å². The molecular weight excluding hydrogens is 452 g/mol. The molecule has 0 aliphatic rings. The molecule has 4 nitrogen and oxygen atoms in total. The molecule has 3 aromatic rings. The third kappa shape index (κ3) is 7.65. The number of thioether (sulfide) groups is 1. The fourth-order valence-corrected chi connectivity index (χ4v) is 4.48. The van der Waals surface area contributed by atoms with Crippen molar-refractivity contribution in [3.63, 3.8) is 0 Å². The van der Waals surface area contributed by atoms with E-state index in [-0.39, 0.29) is 24.1 Å². The van der Waals surface area contributed by atoms with Gasteiger partial charge in [0.2, 0.25) is 11.8 Å². The quantitative estimate of drug-likeness (QED) is 0.363. The molecule has 1 N–H and O–H groups in total. The number of rotatable bonds is 11. The molecule has 172 valence electrons. The molecule has 0 spiro atoms. The Bertz CT molecular complexity index is 1030. The SMILES string of the molecule is CCCNC(=O)[C@@H](Cc1ccccc1)N(Cc1ccccc1Cl)C(=O)CSc1ccccc1. The van der Waals surface area contributed by atoms with Gasteiger partial charge in [0.15, 0.2) is 0 Å². The van der Waals surface area contributed by atoms with Crippen LogP contribution in [0.15, 0.2) is 89.8 Å². The highest BCUT2D eigenvalue weighted by atomic mass is 35.5. The van der Waals surface area contributed by atoms with Crippen LogP contribution in [0, 0.1) is 0 Å². The van der Waals surface area contributed by atoms with E-state index in [1.807, 2.05) is 91.9 Å². The van der Waals surface area contributed by atoms with Crippen LogP contribution in [0.2, 0.25) is 5.02 Å². The lowest BCUT2D eigenvalue weighted by Gasteiger charge is -2.31. The van der Waals surface area contributed by atoms with Crippen molar-refractivity contribution in [1.82, 2.24) is 10.2 Å². The third-order valence-corrected chi connectivity index (χ3v) is 6.59. The maximum atomic E-state index is 13.5. The maximum absolute atomic E-state index is 13.5. The maximum Gasteiger partial charge on any atom is 0.243 e. The average molecular weight is 481 g/mol. The smallest absolute Gasteiger partial charge is 0.243 e. The molecule has 0 bridgehead atoms. The van der Waals surface area contributed by atoms with Gasteiger partial charge in [-0.1, -0.05) is 85.3 Å². The Kier molecular flexibility index (Phi) is 9.85. The summed E-state index contributed by atoms with van der Waals surface area (Å²) in [5.74, 6) is -0.0111. The van der Waals surface area contributed by atoms with Crippen LogP contribution in [0.4, 0.5) is 0 Å². The zero-order valence-electron chi connectivity index (χ0n) is 18.7. The number of hydrogen-bond acceptors (Lipinski definition) is 3. The van der Waals surface area contributed by atoms with Crippen LogP contribution < -0.4 is 5.32 Å². The molecule has 0 aromatic heterocycles. The van der Waals surface area contributed by atoms with Gasteiger partial charge in [0, 0.05) is 29.4 Å². The molecule has 2 amide bonds. The van der Waals surface area contributed by atoms with Gasteiger partial charge in [-0.15, -0.1) is 11.8 Å². The second-order valence-corrected chi connectivity index (χ2v) is 9.17. The number of amides is 2. The molecule has 0 fully saturated rings. The standard InChI is InChI=1S/C27H29ClN2O2S/c1-2-17-29-27(32)25(18-21-11-5-3-6-12-21)30(19-22-13-9-10-16-24(22)28)26(31)20-33-23-14-7-4-8-15-23/h3-16,25H,2,17-20H2,1H3,(H,29,32)/t25-/m1/s1. The zero-order valence-corrected chi connectivity index (χ0v) is 20.3. The molecule has 1 atom stereocenters. The Morgan fingerprint density at radius 1 is 0.939 bits per heavy atom. The van der Waals surface area contributed by atoms with E-state index in [1.165, 1.54) is 11.8 Å². The molecule has 0 saturated carbocycles. The monoisotopic (exact) mass is 480 g/mol. The Morgan fingerprint density at radius 2 is 1.58 bits per heavy atom. The van der Waals surface area contributed by atoms with Crippen molar-refractivity contribution >= 4 is 35.2 Å². The zero-order chi connectivity index (χ0) is 23.5. The number of carbonyl (C=O) groups is 2. The first-order valence-corrected chi connectivity index (χ1v) is 12.5. The minimum Gasteiger partial charge on any atom is -0.354 e. The van der Waals surface area contributed by atoms with Crippen molar-refractivity contribution in [2.45, 2.75) is 37.2 Å². The molecule has 33 heavy (non-hydrogen) atoms. The van der Waals surface area contributed by atoms with Crippen LogP contribution in [-0.4, -0.2) is 35.1 Å². The van der Waals surface area contributed by atoms with Crippen LogP contribution in [0.5, 0.6) is 0 Å². The summed E-state index contributed by atoms with van der Waals surface area (Å²) in [5, 5.41) is 3.57. The largest absolute Gasteiger partial charge is 0.354 e. The van der Waals surface area contributed by atoms with Crippen molar-refractivity contribution in [3.05, 3.63) is 101 Å². The minimum atomic E-state index is -0.640. The van der Waals surface area contributed by atoms with E-state index in [2.05, 4.69) is 5.32 Å². The van der Waals surface area contributed by atoms with Gasteiger partial charge in [0.25, 0.3) is 0 Å². The molecule has 3 rings (SSSR count). The van der Waals surface area contributed by atoms with Crippen molar-refractivity contribution in [2.75, 3.05) is 12.3 Å². The van der Waals surface area contributed by atoms with Crippen molar-refractivity contribution < 1.29 is 9.59 Å². The van der Waals surface area contributed by atoms with Gasteiger partial charge in [-0.2, -0.15) is 0 Å². The van der Waals surface area contributed by atoms with Gasteiger partial charge in [0.05, 0.1) is 5.75 Å². The molecule has 0 radical (unpaired) electrons. The van der Waals surface area contributed by atoms with Crippen LogP contribution in [0.3, 0.4) is 0 Å². The summed E-state index contributed by atoms with van der Waals surface area (Å²) in [7, 11) is 0. The Labute approximate surface area is 205 Å². The lowest BCUT2D eigenvalue weighted by Crippen LogP contribution is -2.51. The van der Waals surface area contributed by atoms with E-state index in [4.69, 9.17) is 11.6 Å². The molecule has 0 aliphatic carbocycles. The fourth-order valence-electron chi connectivity index (χ4n) is 3.47. The van der Waals surface area contributed by atoms with Gasteiger partial charge < -0.3 is 10.2 Å². The van der Waals surface area contributed by atoms with E-state index in [0.717, 1.165) is 22.4 Å². The normalized spacial score (nSPS) is 11.6. The van der Waals surface area contributed by atoms with Crippen LogP contribution in [0.25, 0.3) is 0 Å².